The van der Waals surface area contributed by atoms with Gasteiger partial charge in [-0.15, -0.1) is 0 Å². The van der Waals surface area contributed by atoms with Crippen LogP contribution in [0.4, 0.5) is 114 Å². The van der Waals surface area contributed by atoms with Crippen molar-refractivity contribution >= 4 is 23.9 Å². The molecule has 0 amide bonds. The summed E-state index contributed by atoms with van der Waals surface area (Å²) in [6, 6.07) is 23.2. The molecule has 36 heteroatoms. The van der Waals surface area contributed by atoms with Crippen LogP contribution in [0.5, 0.6) is 34.5 Å². The van der Waals surface area contributed by atoms with Gasteiger partial charge in [0.1, 0.15) is 34.5 Å². The highest BCUT2D eigenvalue weighted by atomic mass is 19.4. The Balaban J connectivity index is 1.03. The summed E-state index contributed by atoms with van der Waals surface area (Å²) >= 11 is 0. The number of alkyl halides is 26. The largest absolute Gasteiger partial charge is 0.494 e. The molecule has 0 atom stereocenters. The van der Waals surface area contributed by atoms with Gasteiger partial charge in [-0.2, -0.15) is 114 Å². The molecule has 90 heavy (non-hydrogen) atoms. The molecule has 0 heterocycles. The fourth-order valence-corrected chi connectivity index (χ4v) is 7.15. The number of hydrogen-bond acceptors (Lipinski definition) is 10. The van der Waals surface area contributed by atoms with E-state index >= 15 is 0 Å². The van der Waals surface area contributed by atoms with Crippen LogP contribution in [-0.4, -0.2) is 109 Å². The van der Waals surface area contributed by atoms with Crippen molar-refractivity contribution in [2.75, 3.05) is 13.2 Å². The van der Waals surface area contributed by atoms with E-state index < -0.39 is 147 Å². The predicted octanol–water partition coefficient (Wildman–Crippen LogP) is 17.1. The monoisotopic (exact) mass is 1340 g/mol. The number of esters is 4. The van der Waals surface area contributed by atoms with Gasteiger partial charge in [0.15, 0.2) is 0 Å². The van der Waals surface area contributed by atoms with E-state index in [0.717, 1.165) is 54.6 Å². The molecule has 0 fully saturated rings. The lowest BCUT2D eigenvalue weighted by molar-refractivity contribution is -0.440. The molecule has 5 rings (SSSR count). The second-order valence-electron chi connectivity index (χ2n) is 18.7. The summed E-state index contributed by atoms with van der Waals surface area (Å²) < 4.78 is 378. The minimum atomic E-state index is -8.01. The maximum Gasteiger partial charge on any atom is 0.460 e. The van der Waals surface area contributed by atoms with E-state index in [0.29, 0.717) is 0 Å². The molecule has 0 saturated heterocycles. The second-order valence-corrected chi connectivity index (χ2v) is 18.7. The molecule has 0 radical (unpaired) electrons. The molecule has 494 valence electrons. The summed E-state index contributed by atoms with van der Waals surface area (Å²) in [6.45, 7) is -1.33. The van der Waals surface area contributed by atoms with E-state index in [-0.39, 0.29) is 56.8 Å². The molecular formula is C54H36F26O10. The highest BCUT2D eigenvalue weighted by Gasteiger charge is 2.92. The average molecular weight is 1340 g/mol. The maximum atomic E-state index is 14.0. The summed E-state index contributed by atoms with van der Waals surface area (Å²) in [5, 5.41) is 0. The van der Waals surface area contributed by atoms with Gasteiger partial charge in [0.25, 0.3) is 0 Å². The van der Waals surface area contributed by atoms with Gasteiger partial charge in [0.2, 0.25) is 0 Å². The quantitative estimate of drug-likeness (QED) is 0.0207. The predicted molar refractivity (Wildman–Crippen MR) is 252 cm³/mol. The van der Waals surface area contributed by atoms with E-state index in [2.05, 4.69) is 0 Å². The van der Waals surface area contributed by atoms with Crippen LogP contribution in [0.1, 0.15) is 80.0 Å². The van der Waals surface area contributed by atoms with E-state index in [4.69, 9.17) is 28.4 Å². The topological polar surface area (TPSA) is 124 Å². The molecule has 5 aromatic carbocycles. The SMILES string of the molecule is O=C(Oc1ccc(C(=O)Oc2cccc(OC(=O)c3ccc(OC(=O)c4ccc(OCCCCC(F)(F)C(F)(F)C(F)(F)C(F)(F)C(F)(F)C(F)(F)F)cc4)cc3)c2)cc1)c1ccc(OCCCCC(F)(F)C(F)(F)C(F)(F)C(F)(F)C(F)(F)C(F)(F)F)cc1. The third-order valence-electron chi connectivity index (χ3n) is 12.3. The number of hydrogen-bond donors (Lipinski definition) is 0. The second kappa shape index (κ2) is 26.3. The minimum absolute atomic E-state index is 0.0991. The van der Waals surface area contributed by atoms with E-state index in [1.54, 1.807) is 0 Å². The summed E-state index contributed by atoms with van der Waals surface area (Å²) in [5.41, 5.74) is -0.503. The third kappa shape index (κ3) is 15.0. The van der Waals surface area contributed by atoms with Crippen molar-refractivity contribution in [2.45, 2.75) is 110 Å². The van der Waals surface area contributed by atoms with Crippen LogP contribution in [0, 0.1) is 0 Å². The number of carbonyl (C=O) groups excluding carboxylic acids is 4. The summed E-state index contributed by atoms with van der Waals surface area (Å²) in [4.78, 5) is 51.3. The van der Waals surface area contributed by atoms with Crippen LogP contribution in [0.2, 0.25) is 0 Å². The van der Waals surface area contributed by atoms with Gasteiger partial charge in [-0.1, -0.05) is 6.07 Å². The summed E-state index contributed by atoms with van der Waals surface area (Å²) in [7, 11) is 0. The molecule has 10 nitrogen and oxygen atoms in total. The van der Waals surface area contributed by atoms with Crippen LogP contribution in [0.15, 0.2) is 121 Å². The number of benzene rings is 5. The number of halogens is 26. The van der Waals surface area contributed by atoms with Crippen molar-refractivity contribution in [2.24, 2.45) is 0 Å². The van der Waals surface area contributed by atoms with E-state index in [1.165, 1.54) is 66.7 Å². The molecule has 0 saturated carbocycles. The van der Waals surface area contributed by atoms with E-state index in [1.807, 2.05) is 0 Å². The number of unbranched alkanes of at least 4 members (excludes halogenated alkanes) is 2. The van der Waals surface area contributed by atoms with Gasteiger partial charge >= 0.3 is 95.5 Å². The summed E-state index contributed by atoms with van der Waals surface area (Å²) in [6.07, 6.45) is -23.7. The normalized spacial score (nSPS) is 13.5. The molecule has 0 aliphatic heterocycles. The Hall–Kier alpha value is -8.24. The molecule has 0 bridgehead atoms. The molecule has 0 aliphatic carbocycles. The Kier molecular flexibility index (Phi) is 21.2. The zero-order chi connectivity index (χ0) is 68.1. The van der Waals surface area contributed by atoms with Crippen molar-refractivity contribution in [3.63, 3.8) is 0 Å². The van der Waals surface area contributed by atoms with Crippen molar-refractivity contribution in [3.8, 4) is 34.5 Å². The van der Waals surface area contributed by atoms with E-state index in [9.17, 15) is 133 Å². The van der Waals surface area contributed by atoms with Crippen LogP contribution in [-0.2, 0) is 0 Å². The van der Waals surface area contributed by atoms with Crippen LogP contribution in [0.3, 0.4) is 0 Å². The lowest BCUT2D eigenvalue weighted by Gasteiger charge is -2.39. The molecule has 0 N–H and O–H groups in total. The fraction of sp³-hybridized carbons (Fsp3) is 0.370. The lowest BCUT2D eigenvalue weighted by Crippen LogP contribution is -2.70. The van der Waals surface area contributed by atoms with Crippen molar-refractivity contribution in [3.05, 3.63) is 144 Å². The van der Waals surface area contributed by atoms with Gasteiger partial charge in [-0.25, -0.2) is 19.2 Å². The zero-order valence-electron chi connectivity index (χ0n) is 44.1. The highest BCUT2D eigenvalue weighted by molar-refractivity contribution is 5.94. The first-order valence-corrected chi connectivity index (χ1v) is 24.7. The Labute approximate surface area is 486 Å². The smallest absolute Gasteiger partial charge is 0.460 e. The molecule has 0 aliphatic rings. The molecule has 5 aromatic rings. The lowest BCUT2D eigenvalue weighted by atomic mass is 9.92. The average Bonchev–Trinajstić information content (AvgIpc) is 0.725. The Bertz CT molecular complexity index is 3080. The fourth-order valence-electron chi connectivity index (χ4n) is 7.15. The van der Waals surface area contributed by atoms with Gasteiger partial charge in [-0.05, 0) is 135 Å². The zero-order valence-corrected chi connectivity index (χ0v) is 44.1. The maximum absolute atomic E-state index is 14.0. The Morgan fingerprint density at radius 3 is 0.756 bits per heavy atom. The van der Waals surface area contributed by atoms with Crippen molar-refractivity contribution < 1.29 is 162 Å². The van der Waals surface area contributed by atoms with Gasteiger partial charge in [0.05, 0.1) is 35.5 Å². The first-order chi connectivity index (χ1) is 41.1. The number of ether oxygens (including phenoxy) is 6. The van der Waals surface area contributed by atoms with Gasteiger partial charge in [-0.3, -0.25) is 0 Å². The highest BCUT2D eigenvalue weighted by Crippen LogP contribution is 2.62. The molecule has 0 unspecified atom stereocenters. The van der Waals surface area contributed by atoms with Crippen LogP contribution < -0.4 is 28.4 Å². The third-order valence-corrected chi connectivity index (χ3v) is 12.3. The molecule has 0 aromatic heterocycles. The minimum Gasteiger partial charge on any atom is -0.494 e. The first kappa shape index (κ1) is 72.5. The number of carbonyl (C=O) groups is 4. The van der Waals surface area contributed by atoms with Gasteiger partial charge < -0.3 is 28.4 Å². The van der Waals surface area contributed by atoms with Crippen LogP contribution >= 0.6 is 0 Å². The standard InChI is InChI=1S/C54H36F26O10/c55-43(56,45(59,60)47(63,64)49(67,68)51(71,72)53(75,76)77)24-1-3-26-85-33-16-8-29(9-17-33)39(81)87-35-20-12-31(13-21-35)41(83)89-37-6-5-7-38(28-37)90-42(84)32-14-22-36(23-15-32)88-40(82)30-10-18-34(19-11-30)86-27-4-2-25-44(57,58)46(61,62)48(65,66)50(69,70)52(73,74)54(78,79)80/h5-23,28H,1-4,24-27H2. The Morgan fingerprint density at radius 2 is 0.500 bits per heavy atom. The van der Waals surface area contributed by atoms with Crippen molar-refractivity contribution in [1.82, 2.24) is 0 Å². The Morgan fingerprint density at radius 1 is 0.267 bits per heavy atom. The van der Waals surface area contributed by atoms with Gasteiger partial charge in [0, 0.05) is 18.9 Å². The molecule has 0 spiro atoms. The first-order valence-electron chi connectivity index (χ1n) is 24.7. The van der Waals surface area contributed by atoms with Crippen LogP contribution in [0.25, 0.3) is 0 Å². The summed E-state index contributed by atoms with van der Waals surface area (Å²) in [5.74, 6) is -79.4. The van der Waals surface area contributed by atoms with Crippen molar-refractivity contribution in [1.29, 1.82) is 0 Å². The molecular weight excluding hydrogens is 1300 g/mol. The number of rotatable bonds is 28.